The molecule has 0 saturated heterocycles. The van der Waals surface area contributed by atoms with Crippen LogP contribution in [0.25, 0.3) is 0 Å². The average molecular weight is 275 g/mol. The highest BCUT2D eigenvalue weighted by molar-refractivity contribution is 6.74. The first-order valence-corrected chi connectivity index (χ1v) is 10.4. The van der Waals surface area contributed by atoms with Crippen LogP contribution in [0.15, 0.2) is 0 Å². The quantitative estimate of drug-likeness (QED) is 0.512. The molecule has 3 heteroatoms. The lowest BCUT2D eigenvalue weighted by atomic mass is 10.1. The van der Waals surface area contributed by atoms with E-state index in [0.29, 0.717) is 0 Å². The number of hydrogen-bond donors (Lipinski definition) is 1. The number of aliphatic hydroxyl groups is 1. The van der Waals surface area contributed by atoms with Gasteiger partial charge in [0, 0.05) is 0 Å². The van der Waals surface area contributed by atoms with E-state index in [1.807, 2.05) is 6.92 Å². The maximum Gasteiger partial charge on any atom is 0.192 e. The predicted molar refractivity (Wildman–Crippen MR) is 82.5 cm³/mol. The second kappa shape index (κ2) is 7.66. The van der Waals surface area contributed by atoms with Crippen LogP contribution in [-0.4, -0.2) is 25.6 Å². The summed E-state index contributed by atoms with van der Waals surface area (Å²) in [5, 5.41) is 10.4. The van der Waals surface area contributed by atoms with E-state index in [2.05, 4.69) is 40.8 Å². The Morgan fingerprint density at radius 1 is 1.11 bits per heavy atom. The molecule has 0 aromatic carbocycles. The molecule has 0 fully saturated rings. The van der Waals surface area contributed by atoms with Crippen molar-refractivity contribution in [2.45, 2.75) is 97.1 Å². The molecule has 2 atom stereocenters. The van der Waals surface area contributed by atoms with Gasteiger partial charge in [0.05, 0.1) is 12.2 Å². The smallest absolute Gasteiger partial charge is 0.192 e. The van der Waals surface area contributed by atoms with Gasteiger partial charge in [-0.25, -0.2) is 0 Å². The van der Waals surface area contributed by atoms with Crippen LogP contribution >= 0.6 is 0 Å². The zero-order valence-electron chi connectivity index (χ0n) is 13.5. The van der Waals surface area contributed by atoms with E-state index < -0.39 is 8.32 Å². The van der Waals surface area contributed by atoms with Gasteiger partial charge in [0.25, 0.3) is 0 Å². The van der Waals surface area contributed by atoms with E-state index >= 15 is 0 Å². The monoisotopic (exact) mass is 274 g/mol. The normalized spacial score (nSPS) is 16.7. The Bertz CT molecular complexity index is 221. The highest BCUT2D eigenvalue weighted by Crippen LogP contribution is 2.37. The molecule has 110 valence electrons. The van der Waals surface area contributed by atoms with Crippen molar-refractivity contribution in [1.82, 2.24) is 0 Å². The Labute approximate surface area is 115 Å². The summed E-state index contributed by atoms with van der Waals surface area (Å²) < 4.78 is 6.21. The maximum absolute atomic E-state index is 10.1. The van der Waals surface area contributed by atoms with Crippen molar-refractivity contribution in [1.29, 1.82) is 0 Å². The van der Waals surface area contributed by atoms with E-state index in [1.54, 1.807) is 0 Å². The lowest BCUT2D eigenvalue weighted by molar-refractivity contribution is 0.0318. The summed E-state index contributed by atoms with van der Waals surface area (Å²) >= 11 is 0. The first kappa shape index (κ1) is 18.1. The molecule has 18 heavy (non-hydrogen) atoms. The van der Waals surface area contributed by atoms with Gasteiger partial charge in [-0.2, -0.15) is 0 Å². The number of rotatable bonds is 8. The minimum absolute atomic E-state index is 0.0347. The van der Waals surface area contributed by atoms with Crippen molar-refractivity contribution in [2.75, 3.05) is 0 Å². The third kappa shape index (κ3) is 6.35. The van der Waals surface area contributed by atoms with Crippen LogP contribution in [-0.2, 0) is 4.43 Å². The largest absolute Gasteiger partial charge is 0.412 e. The van der Waals surface area contributed by atoms with E-state index in [9.17, 15) is 5.11 Å². The first-order chi connectivity index (χ1) is 8.12. The third-order valence-corrected chi connectivity index (χ3v) is 8.76. The van der Waals surface area contributed by atoms with Crippen molar-refractivity contribution in [3.8, 4) is 0 Å². The molecule has 0 spiro atoms. The molecule has 0 heterocycles. The zero-order chi connectivity index (χ0) is 14.4. The molecule has 0 aliphatic rings. The molecule has 0 aliphatic carbocycles. The molecule has 0 unspecified atom stereocenters. The van der Waals surface area contributed by atoms with Crippen LogP contribution in [0.1, 0.15) is 66.7 Å². The van der Waals surface area contributed by atoms with Gasteiger partial charge >= 0.3 is 0 Å². The average Bonchev–Trinajstić information content (AvgIpc) is 2.21. The van der Waals surface area contributed by atoms with E-state index in [-0.39, 0.29) is 17.2 Å². The number of unbranched alkanes of at least 4 members (excludes halogenated alkanes) is 3. The summed E-state index contributed by atoms with van der Waals surface area (Å²) in [5.41, 5.74) is 0. The van der Waals surface area contributed by atoms with Crippen LogP contribution in [0.5, 0.6) is 0 Å². The van der Waals surface area contributed by atoms with Crippen molar-refractivity contribution in [3.63, 3.8) is 0 Å². The molecule has 2 nitrogen and oxygen atoms in total. The summed E-state index contributed by atoms with van der Waals surface area (Å²) in [6.45, 7) is 15.4. The molecule has 0 bridgehead atoms. The summed E-state index contributed by atoms with van der Waals surface area (Å²) in [6, 6.07) is 0. The molecule has 0 saturated carbocycles. The molecule has 0 aromatic rings. The lowest BCUT2D eigenvalue weighted by Gasteiger charge is -2.39. The SMILES string of the molecule is CCCCCC[C@@H](O)[C@@H](C)O[Si](C)(C)C(C)(C)C. The van der Waals surface area contributed by atoms with Crippen molar-refractivity contribution in [3.05, 3.63) is 0 Å². The Morgan fingerprint density at radius 2 is 1.67 bits per heavy atom. The van der Waals surface area contributed by atoms with Gasteiger partial charge in [-0.15, -0.1) is 0 Å². The van der Waals surface area contributed by atoms with E-state index in [4.69, 9.17) is 4.43 Å². The molecule has 0 rings (SSSR count). The summed E-state index contributed by atoms with van der Waals surface area (Å²) in [4.78, 5) is 0. The highest BCUT2D eigenvalue weighted by atomic mass is 28.4. The van der Waals surface area contributed by atoms with Crippen LogP contribution < -0.4 is 0 Å². The predicted octanol–water partition coefficient (Wildman–Crippen LogP) is 4.73. The fourth-order valence-corrected chi connectivity index (χ4v) is 3.18. The van der Waals surface area contributed by atoms with Gasteiger partial charge in [-0.05, 0) is 31.5 Å². The summed E-state index contributed by atoms with van der Waals surface area (Å²) in [7, 11) is -1.75. The minimum Gasteiger partial charge on any atom is -0.412 e. The van der Waals surface area contributed by atoms with E-state index in [1.165, 1.54) is 19.3 Å². The van der Waals surface area contributed by atoms with Crippen molar-refractivity contribution >= 4 is 8.32 Å². The van der Waals surface area contributed by atoms with Gasteiger partial charge in [0.2, 0.25) is 0 Å². The zero-order valence-corrected chi connectivity index (χ0v) is 14.5. The van der Waals surface area contributed by atoms with Gasteiger partial charge in [-0.1, -0.05) is 53.4 Å². The Hall–Kier alpha value is 0.137. The van der Waals surface area contributed by atoms with Gasteiger partial charge in [-0.3, -0.25) is 0 Å². The summed E-state index contributed by atoms with van der Waals surface area (Å²) in [6.07, 6.45) is 5.37. The first-order valence-electron chi connectivity index (χ1n) is 7.47. The fourth-order valence-electron chi connectivity index (χ4n) is 1.74. The molecule has 0 aliphatic heterocycles. The second-order valence-corrected chi connectivity index (χ2v) is 11.8. The molecule has 1 N–H and O–H groups in total. The lowest BCUT2D eigenvalue weighted by Crippen LogP contribution is -2.46. The second-order valence-electron chi connectivity index (χ2n) is 7.00. The van der Waals surface area contributed by atoms with Gasteiger partial charge in [0.1, 0.15) is 0 Å². The number of hydrogen-bond acceptors (Lipinski definition) is 2. The Kier molecular flexibility index (Phi) is 7.72. The topological polar surface area (TPSA) is 29.5 Å². The van der Waals surface area contributed by atoms with Crippen LogP contribution in [0.3, 0.4) is 0 Å². The van der Waals surface area contributed by atoms with Crippen LogP contribution in [0, 0.1) is 0 Å². The van der Waals surface area contributed by atoms with E-state index in [0.717, 1.165) is 12.8 Å². The Morgan fingerprint density at radius 3 is 2.11 bits per heavy atom. The summed E-state index contributed by atoms with van der Waals surface area (Å²) in [5.74, 6) is 0. The van der Waals surface area contributed by atoms with Gasteiger partial charge in [0.15, 0.2) is 8.32 Å². The molecule has 0 amide bonds. The Balaban J connectivity index is 4.11. The minimum atomic E-state index is -1.75. The third-order valence-electron chi connectivity index (χ3n) is 4.18. The van der Waals surface area contributed by atoms with Crippen molar-refractivity contribution < 1.29 is 9.53 Å². The standard InChI is InChI=1S/C15H34O2Si/c1-8-9-10-11-12-14(16)13(2)17-18(6,7)15(3,4)5/h13-14,16H,8-12H2,1-7H3/t13-,14-/m1/s1. The highest BCUT2D eigenvalue weighted by Gasteiger charge is 2.39. The van der Waals surface area contributed by atoms with Gasteiger partial charge < -0.3 is 9.53 Å². The number of aliphatic hydroxyl groups excluding tert-OH is 1. The molecule has 0 aromatic heterocycles. The van der Waals surface area contributed by atoms with Crippen LogP contribution in [0.2, 0.25) is 18.1 Å². The fraction of sp³-hybridized carbons (Fsp3) is 1.00. The molecular formula is C15H34O2Si. The van der Waals surface area contributed by atoms with Crippen molar-refractivity contribution in [2.24, 2.45) is 0 Å². The maximum atomic E-state index is 10.1. The molecule has 0 radical (unpaired) electrons. The molecular weight excluding hydrogens is 240 g/mol. The van der Waals surface area contributed by atoms with Crippen LogP contribution in [0.4, 0.5) is 0 Å².